The maximum absolute atomic E-state index is 11.3. The summed E-state index contributed by atoms with van der Waals surface area (Å²) in [5.74, 6) is -0.0882. The molecule has 2 aromatic rings. The molecular formula is C14H15N3O2. The number of piperazine rings is 1. The van der Waals surface area contributed by atoms with Crippen LogP contribution in [0.2, 0.25) is 0 Å². The number of nitrogens with zero attached hydrogens (tertiary/aromatic N) is 2. The third-order valence-electron chi connectivity index (χ3n) is 3.41. The zero-order valence-corrected chi connectivity index (χ0v) is 10.4. The van der Waals surface area contributed by atoms with Gasteiger partial charge in [-0.2, -0.15) is 0 Å². The molecule has 19 heavy (non-hydrogen) atoms. The summed E-state index contributed by atoms with van der Waals surface area (Å²) >= 11 is 0. The first-order chi connectivity index (χ1) is 9.25. The van der Waals surface area contributed by atoms with Crippen molar-refractivity contribution >= 4 is 22.7 Å². The van der Waals surface area contributed by atoms with Crippen LogP contribution in [0.25, 0.3) is 10.9 Å². The Hall–Kier alpha value is -2.14. The van der Waals surface area contributed by atoms with E-state index in [-0.39, 0.29) is 0 Å². The van der Waals surface area contributed by atoms with Gasteiger partial charge in [0.1, 0.15) is 11.9 Å². The van der Waals surface area contributed by atoms with Crippen LogP contribution in [0.5, 0.6) is 0 Å². The van der Waals surface area contributed by atoms with Crippen LogP contribution in [-0.2, 0) is 4.79 Å². The van der Waals surface area contributed by atoms with Gasteiger partial charge >= 0.3 is 5.97 Å². The van der Waals surface area contributed by atoms with E-state index in [9.17, 15) is 9.90 Å². The zero-order valence-electron chi connectivity index (χ0n) is 10.4. The number of pyridine rings is 1. The monoisotopic (exact) mass is 257 g/mol. The lowest BCUT2D eigenvalue weighted by atomic mass is 10.1. The first-order valence-electron chi connectivity index (χ1n) is 6.32. The van der Waals surface area contributed by atoms with Gasteiger partial charge in [0.05, 0.1) is 5.52 Å². The zero-order chi connectivity index (χ0) is 13.2. The molecule has 98 valence electrons. The standard InChI is InChI=1S/C14H15N3O2/c18-14(19)12-9-15-7-8-17(12)13-6-5-10-3-1-2-4-11(10)16-13/h1-6,12,15H,7-9H2,(H,18,19). The highest BCUT2D eigenvalue weighted by Crippen LogP contribution is 2.20. The molecule has 1 aromatic heterocycles. The van der Waals surface area contributed by atoms with E-state index in [1.54, 1.807) is 0 Å². The Bertz CT molecular complexity index is 614. The summed E-state index contributed by atoms with van der Waals surface area (Å²) in [6, 6.07) is 11.2. The van der Waals surface area contributed by atoms with Gasteiger partial charge in [-0.05, 0) is 18.2 Å². The first kappa shape index (κ1) is 11.9. The van der Waals surface area contributed by atoms with E-state index in [2.05, 4.69) is 10.3 Å². The average molecular weight is 257 g/mol. The number of carboxylic acid groups (broad SMARTS) is 1. The van der Waals surface area contributed by atoms with E-state index in [0.29, 0.717) is 13.1 Å². The average Bonchev–Trinajstić information content (AvgIpc) is 2.46. The van der Waals surface area contributed by atoms with E-state index in [4.69, 9.17) is 0 Å². The molecule has 5 heteroatoms. The van der Waals surface area contributed by atoms with Crippen LogP contribution in [0, 0.1) is 0 Å². The van der Waals surface area contributed by atoms with E-state index < -0.39 is 12.0 Å². The number of aromatic nitrogens is 1. The van der Waals surface area contributed by atoms with Gasteiger partial charge in [-0.25, -0.2) is 9.78 Å². The fraction of sp³-hybridized carbons (Fsp3) is 0.286. The van der Waals surface area contributed by atoms with Gasteiger partial charge < -0.3 is 15.3 Å². The molecule has 2 heterocycles. The molecule has 1 unspecified atom stereocenters. The maximum atomic E-state index is 11.3. The lowest BCUT2D eigenvalue weighted by Crippen LogP contribution is -2.55. The molecule has 1 fully saturated rings. The minimum absolute atomic E-state index is 0.448. The van der Waals surface area contributed by atoms with Crippen molar-refractivity contribution in [3.63, 3.8) is 0 Å². The molecule has 0 bridgehead atoms. The molecule has 0 spiro atoms. The Morgan fingerprint density at radius 1 is 1.32 bits per heavy atom. The van der Waals surface area contributed by atoms with Crippen molar-refractivity contribution in [2.75, 3.05) is 24.5 Å². The van der Waals surface area contributed by atoms with Crippen molar-refractivity contribution in [3.8, 4) is 0 Å². The highest BCUT2D eigenvalue weighted by Gasteiger charge is 2.29. The van der Waals surface area contributed by atoms with Crippen LogP contribution in [0.15, 0.2) is 36.4 Å². The minimum Gasteiger partial charge on any atom is -0.480 e. The second-order valence-corrected chi connectivity index (χ2v) is 4.61. The maximum Gasteiger partial charge on any atom is 0.327 e. The fourth-order valence-electron chi connectivity index (χ4n) is 2.41. The van der Waals surface area contributed by atoms with Crippen LogP contribution in [-0.4, -0.2) is 41.7 Å². The van der Waals surface area contributed by atoms with Gasteiger partial charge in [-0.1, -0.05) is 18.2 Å². The van der Waals surface area contributed by atoms with Gasteiger partial charge in [0, 0.05) is 25.0 Å². The number of rotatable bonds is 2. The fourth-order valence-corrected chi connectivity index (χ4v) is 2.41. The molecule has 1 aliphatic heterocycles. The summed E-state index contributed by atoms with van der Waals surface area (Å²) in [6.07, 6.45) is 0. The lowest BCUT2D eigenvalue weighted by molar-refractivity contribution is -0.138. The first-order valence-corrected chi connectivity index (χ1v) is 6.32. The van der Waals surface area contributed by atoms with Crippen LogP contribution < -0.4 is 10.2 Å². The Kier molecular flexibility index (Phi) is 3.05. The summed E-state index contributed by atoms with van der Waals surface area (Å²) in [7, 11) is 0. The number of nitrogens with one attached hydrogen (secondary N) is 1. The summed E-state index contributed by atoms with van der Waals surface area (Å²) in [4.78, 5) is 17.7. The number of benzene rings is 1. The molecule has 1 aliphatic rings. The quantitative estimate of drug-likeness (QED) is 0.843. The molecule has 2 N–H and O–H groups in total. The Labute approximate surface area is 110 Å². The number of hydrogen-bond donors (Lipinski definition) is 2. The summed E-state index contributed by atoms with van der Waals surface area (Å²) in [5.41, 5.74) is 0.891. The number of para-hydroxylation sites is 1. The molecule has 1 atom stereocenters. The van der Waals surface area contributed by atoms with Crippen molar-refractivity contribution in [1.29, 1.82) is 0 Å². The van der Waals surface area contributed by atoms with Crippen LogP contribution in [0.1, 0.15) is 0 Å². The van der Waals surface area contributed by atoms with Gasteiger partial charge in [0.25, 0.3) is 0 Å². The summed E-state index contributed by atoms with van der Waals surface area (Å²) in [6.45, 7) is 1.88. The van der Waals surface area contributed by atoms with Crippen LogP contribution in [0.4, 0.5) is 5.82 Å². The van der Waals surface area contributed by atoms with Crippen molar-refractivity contribution in [2.24, 2.45) is 0 Å². The number of carbonyl (C=O) groups is 1. The molecule has 0 radical (unpaired) electrons. The molecule has 5 nitrogen and oxygen atoms in total. The van der Waals surface area contributed by atoms with E-state index in [1.807, 2.05) is 41.3 Å². The topological polar surface area (TPSA) is 65.5 Å². The normalized spacial score (nSPS) is 19.6. The second kappa shape index (κ2) is 4.85. The molecule has 0 aliphatic carbocycles. The lowest BCUT2D eigenvalue weighted by Gasteiger charge is -2.34. The predicted octanol–water partition coefficient (Wildman–Crippen LogP) is 1.10. The van der Waals surface area contributed by atoms with Crippen LogP contribution >= 0.6 is 0 Å². The van der Waals surface area contributed by atoms with Crippen molar-refractivity contribution in [2.45, 2.75) is 6.04 Å². The van der Waals surface area contributed by atoms with Crippen molar-refractivity contribution < 1.29 is 9.90 Å². The smallest absolute Gasteiger partial charge is 0.327 e. The van der Waals surface area contributed by atoms with E-state index in [1.165, 1.54) is 0 Å². The number of hydrogen-bond acceptors (Lipinski definition) is 4. The van der Waals surface area contributed by atoms with Gasteiger partial charge in [-0.15, -0.1) is 0 Å². The molecule has 1 saturated heterocycles. The highest BCUT2D eigenvalue weighted by atomic mass is 16.4. The molecule has 3 rings (SSSR count). The summed E-state index contributed by atoms with van der Waals surface area (Å²) < 4.78 is 0. The number of anilines is 1. The SMILES string of the molecule is O=C(O)C1CNCCN1c1ccc2ccccc2n1. The van der Waals surface area contributed by atoms with Crippen molar-refractivity contribution in [1.82, 2.24) is 10.3 Å². The van der Waals surface area contributed by atoms with Gasteiger partial charge in [-0.3, -0.25) is 0 Å². The number of fused-ring (bicyclic) bond motifs is 1. The Morgan fingerprint density at radius 3 is 3.00 bits per heavy atom. The highest BCUT2D eigenvalue weighted by molar-refractivity contribution is 5.82. The molecule has 0 saturated carbocycles. The third-order valence-corrected chi connectivity index (χ3v) is 3.41. The van der Waals surface area contributed by atoms with Crippen molar-refractivity contribution in [3.05, 3.63) is 36.4 Å². The predicted molar refractivity (Wildman–Crippen MR) is 73.4 cm³/mol. The largest absolute Gasteiger partial charge is 0.480 e. The Morgan fingerprint density at radius 2 is 2.16 bits per heavy atom. The number of aliphatic carboxylic acids is 1. The minimum atomic E-state index is -0.817. The van der Waals surface area contributed by atoms with E-state index >= 15 is 0 Å². The second-order valence-electron chi connectivity index (χ2n) is 4.61. The number of carboxylic acids is 1. The molecular weight excluding hydrogens is 242 g/mol. The van der Waals surface area contributed by atoms with Gasteiger partial charge in [0.15, 0.2) is 0 Å². The summed E-state index contributed by atoms with van der Waals surface area (Å²) in [5, 5.41) is 13.4. The third kappa shape index (κ3) is 2.24. The van der Waals surface area contributed by atoms with E-state index in [0.717, 1.165) is 23.3 Å². The molecule has 0 amide bonds. The Balaban J connectivity index is 1.99. The van der Waals surface area contributed by atoms with Gasteiger partial charge in [0.2, 0.25) is 0 Å². The molecule has 1 aromatic carbocycles. The van der Waals surface area contributed by atoms with Crippen LogP contribution in [0.3, 0.4) is 0 Å².